The van der Waals surface area contributed by atoms with Gasteiger partial charge in [-0.05, 0) is 92.1 Å². The molecule has 0 spiro atoms. The number of rotatable bonds is 8. The minimum Gasteiger partial charge on any atom is -0.598 e. The molecule has 2 atom stereocenters. The number of thiophene rings is 1. The minimum absolute atomic E-state index is 0.134. The van der Waals surface area contributed by atoms with Crippen molar-refractivity contribution in [3.8, 4) is 10.4 Å². The van der Waals surface area contributed by atoms with Gasteiger partial charge in [-0.2, -0.15) is 0 Å². The Morgan fingerprint density at radius 1 is 1.13 bits per heavy atom. The summed E-state index contributed by atoms with van der Waals surface area (Å²) in [6.07, 6.45) is -0.134. The number of esters is 1. The van der Waals surface area contributed by atoms with Gasteiger partial charge in [-0.1, -0.05) is 16.8 Å². The molecule has 0 aliphatic heterocycles. The number of ketones is 1. The summed E-state index contributed by atoms with van der Waals surface area (Å²) in [6, 6.07) is 5.95. The van der Waals surface area contributed by atoms with Gasteiger partial charge in [0.25, 0.3) is 0 Å². The molecule has 0 aliphatic carbocycles. The van der Waals surface area contributed by atoms with Crippen molar-refractivity contribution in [3.63, 3.8) is 0 Å². The van der Waals surface area contributed by atoms with E-state index in [0.29, 0.717) is 38.0 Å². The molecular formula is C28H35ClN2O5S2. The molecule has 206 valence electrons. The molecule has 1 aromatic carbocycles. The van der Waals surface area contributed by atoms with Crippen molar-refractivity contribution in [2.24, 2.45) is 0 Å². The normalized spacial score (nSPS) is 13.9. The van der Waals surface area contributed by atoms with Crippen molar-refractivity contribution in [2.45, 2.75) is 85.1 Å². The summed E-state index contributed by atoms with van der Waals surface area (Å²) in [6.45, 7) is 16.5. The average Bonchev–Trinajstić information content (AvgIpc) is 3.30. The lowest BCUT2D eigenvalue weighted by molar-refractivity contribution is -0.155. The lowest BCUT2D eigenvalue weighted by Gasteiger charge is -2.28. The number of aromatic nitrogens is 1. The maximum absolute atomic E-state index is 13.7. The van der Waals surface area contributed by atoms with Crippen LogP contribution in [0.4, 0.5) is 0 Å². The van der Waals surface area contributed by atoms with Gasteiger partial charge in [-0.3, -0.25) is 9.59 Å². The van der Waals surface area contributed by atoms with Gasteiger partial charge in [0.15, 0.2) is 11.5 Å². The van der Waals surface area contributed by atoms with Crippen LogP contribution in [0.15, 0.2) is 28.8 Å². The largest absolute Gasteiger partial charge is 0.598 e. The topological polar surface area (TPSA) is 104 Å². The van der Waals surface area contributed by atoms with Crippen molar-refractivity contribution >= 4 is 46.1 Å². The van der Waals surface area contributed by atoms with Crippen LogP contribution in [0.1, 0.15) is 91.8 Å². The van der Waals surface area contributed by atoms with Crippen LogP contribution in [0, 0.1) is 20.8 Å². The molecule has 10 heteroatoms. The summed E-state index contributed by atoms with van der Waals surface area (Å²) in [5.74, 6) is -0.297. The first kappa shape index (κ1) is 30.4. The number of nitrogens with zero attached hydrogens (tertiary/aromatic N) is 1. The van der Waals surface area contributed by atoms with E-state index in [9.17, 15) is 14.1 Å². The maximum Gasteiger partial charge on any atom is 0.308 e. The number of aryl methyl sites for hydroxylation is 2. The fourth-order valence-electron chi connectivity index (χ4n) is 3.77. The number of carbonyl (C=O) groups is 2. The fraction of sp³-hybridized carbons (Fsp3) is 0.464. The number of halogens is 1. The molecule has 3 rings (SSSR count). The van der Waals surface area contributed by atoms with Gasteiger partial charge in [0.2, 0.25) is 0 Å². The Kier molecular flexibility index (Phi) is 9.21. The van der Waals surface area contributed by atoms with E-state index in [4.69, 9.17) is 20.9 Å². The van der Waals surface area contributed by atoms with E-state index < -0.39 is 33.7 Å². The fourth-order valence-corrected chi connectivity index (χ4v) is 5.95. The van der Waals surface area contributed by atoms with E-state index in [1.165, 1.54) is 11.3 Å². The first-order valence-corrected chi connectivity index (χ1v) is 14.6. The monoisotopic (exact) mass is 578 g/mol. The summed E-state index contributed by atoms with van der Waals surface area (Å²) < 4.78 is 26.9. The Morgan fingerprint density at radius 2 is 1.74 bits per heavy atom. The van der Waals surface area contributed by atoms with Crippen LogP contribution >= 0.6 is 22.9 Å². The van der Waals surface area contributed by atoms with Gasteiger partial charge < -0.3 is 13.8 Å². The molecule has 0 amide bonds. The standard InChI is InChI=1S/C28H35ClN2O5S2/c1-15-17(3)37-26(22(15)24(33)18-10-12-19(29)13-11-18)23-16(2)30-36-25(23)20(31-38(34)28(7,8)9)14-21(32)35-27(4,5)6/h10-13,20,31H,14H2,1-9H3/t20-,38?/m1/s1. The van der Waals surface area contributed by atoms with Crippen molar-refractivity contribution < 1.29 is 23.4 Å². The van der Waals surface area contributed by atoms with Gasteiger partial charge in [0.1, 0.15) is 16.4 Å². The molecule has 0 aliphatic rings. The molecule has 1 N–H and O–H groups in total. The van der Waals surface area contributed by atoms with E-state index in [1.807, 2.05) is 34.6 Å². The lowest BCUT2D eigenvalue weighted by atomic mass is 9.95. The average molecular weight is 579 g/mol. The number of ether oxygens (including phenoxy) is 1. The lowest BCUT2D eigenvalue weighted by Crippen LogP contribution is -2.42. The molecule has 2 heterocycles. The van der Waals surface area contributed by atoms with Crippen LogP contribution in [0.25, 0.3) is 10.4 Å². The number of benzene rings is 1. The smallest absolute Gasteiger partial charge is 0.308 e. The SMILES string of the molecule is Cc1noc([C@@H](CC(=O)OC(C)(C)C)N[S+]([O-])C(C)(C)C)c1-c1sc(C)c(C)c1C(=O)c1ccc(Cl)cc1. The van der Waals surface area contributed by atoms with Gasteiger partial charge in [-0.25, -0.2) is 0 Å². The van der Waals surface area contributed by atoms with Gasteiger partial charge in [0, 0.05) is 32.4 Å². The Hall–Kier alpha value is -2.17. The highest BCUT2D eigenvalue weighted by atomic mass is 35.5. The number of hydrogen-bond donors (Lipinski definition) is 1. The number of hydrogen-bond acceptors (Lipinski definition) is 8. The third-order valence-corrected chi connectivity index (χ3v) is 8.84. The Bertz CT molecular complexity index is 1320. The second-order valence-electron chi connectivity index (χ2n) is 11.2. The molecule has 1 unspecified atom stereocenters. The minimum atomic E-state index is -1.53. The Balaban J connectivity index is 2.14. The van der Waals surface area contributed by atoms with Crippen LogP contribution in [0.3, 0.4) is 0 Å². The van der Waals surface area contributed by atoms with Gasteiger partial charge in [0.05, 0.1) is 22.6 Å². The van der Waals surface area contributed by atoms with Crippen LogP contribution in [0.2, 0.25) is 5.02 Å². The Morgan fingerprint density at radius 3 is 2.29 bits per heavy atom. The summed E-state index contributed by atoms with van der Waals surface area (Å²) in [5.41, 5.74) is 2.37. The summed E-state index contributed by atoms with van der Waals surface area (Å²) in [7, 11) is 0. The second-order valence-corrected chi connectivity index (χ2v) is 14.8. The predicted octanol–water partition coefficient (Wildman–Crippen LogP) is 7.04. The molecule has 0 saturated carbocycles. The second kappa shape index (κ2) is 11.5. The van der Waals surface area contributed by atoms with Crippen molar-refractivity contribution in [2.75, 3.05) is 0 Å². The van der Waals surface area contributed by atoms with E-state index in [0.717, 1.165) is 10.4 Å². The third-order valence-electron chi connectivity index (χ3n) is 5.75. The first-order valence-electron chi connectivity index (χ1n) is 12.3. The quantitative estimate of drug-likeness (QED) is 0.174. The van der Waals surface area contributed by atoms with Crippen LogP contribution in [-0.2, 0) is 20.9 Å². The molecule has 38 heavy (non-hydrogen) atoms. The van der Waals surface area contributed by atoms with Crippen molar-refractivity contribution in [1.82, 2.24) is 9.88 Å². The summed E-state index contributed by atoms with van der Waals surface area (Å²) >= 11 is 5.97. The van der Waals surface area contributed by atoms with Crippen molar-refractivity contribution in [1.29, 1.82) is 0 Å². The van der Waals surface area contributed by atoms with Crippen LogP contribution < -0.4 is 4.72 Å². The highest BCUT2D eigenvalue weighted by Crippen LogP contribution is 2.43. The van der Waals surface area contributed by atoms with E-state index >= 15 is 0 Å². The van der Waals surface area contributed by atoms with E-state index in [2.05, 4.69) is 9.88 Å². The molecule has 0 bridgehead atoms. The predicted molar refractivity (Wildman–Crippen MR) is 153 cm³/mol. The zero-order chi connectivity index (χ0) is 28.6. The van der Waals surface area contributed by atoms with E-state index in [-0.39, 0.29) is 12.2 Å². The first-order chi connectivity index (χ1) is 17.5. The van der Waals surface area contributed by atoms with Crippen LogP contribution in [-0.4, -0.2) is 31.8 Å². The van der Waals surface area contributed by atoms with Gasteiger partial charge >= 0.3 is 5.97 Å². The summed E-state index contributed by atoms with van der Waals surface area (Å²) in [4.78, 5) is 28.3. The van der Waals surface area contributed by atoms with E-state index in [1.54, 1.807) is 52.0 Å². The Labute approximate surface area is 236 Å². The summed E-state index contributed by atoms with van der Waals surface area (Å²) in [5, 5.41) is 4.74. The molecule has 0 saturated heterocycles. The maximum atomic E-state index is 13.7. The zero-order valence-electron chi connectivity index (χ0n) is 23.3. The molecule has 7 nitrogen and oxygen atoms in total. The molecule has 0 fully saturated rings. The number of carbonyl (C=O) groups excluding carboxylic acids is 2. The van der Waals surface area contributed by atoms with Crippen LogP contribution in [0.5, 0.6) is 0 Å². The number of nitrogens with one attached hydrogen (secondary N) is 1. The highest BCUT2D eigenvalue weighted by molar-refractivity contribution is 7.90. The molecule has 0 radical (unpaired) electrons. The zero-order valence-corrected chi connectivity index (χ0v) is 25.7. The molecular weight excluding hydrogens is 544 g/mol. The van der Waals surface area contributed by atoms with Gasteiger partial charge in [-0.15, -0.1) is 16.1 Å². The molecule has 2 aromatic heterocycles. The third kappa shape index (κ3) is 7.07. The molecule has 3 aromatic rings. The van der Waals surface area contributed by atoms with Crippen molar-refractivity contribution in [3.05, 3.63) is 62.3 Å². The highest BCUT2D eigenvalue weighted by Gasteiger charge is 2.37.